The van der Waals surface area contributed by atoms with Gasteiger partial charge in [-0.3, -0.25) is 0 Å². The second-order valence-corrected chi connectivity index (χ2v) is 5.62. The number of nitrogens with zero attached hydrogens (tertiary/aromatic N) is 3. The number of rotatable bonds is 7. The first-order valence-electron chi connectivity index (χ1n) is 7.56. The molecule has 6 heteroatoms. The molecule has 0 spiro atoms. The molecule has 0 bridgehead atoms. The summed E-state index contributed by atoms with van der Waals surface area (Å²) in [6.07, 6.45) is 8.91. The van der Waals surface area contributed by atoms with E-state index in [1.807, 2.05) is 6.92 Å². The van der Waals surface area contributed by atoms with Gasteiger partial charge in [0.15, 0.2) is 0 Å². The zero-order valence-corrected chi connectivity index (χ0v) is 12.8. The van der Waals surface area contributed by atoms with Crippen molar-refractivity contribution in [2.75, 3.05) is 18.5 Å². The Morgan fingerprint density at radius 3 is 2.75 bits per heavy atom. The average Bonchev–Trinajstić information content (AvgIpc) is 2.46. The topological polar surface area (TPSA) is 59.9 Å². The molecule has 0 saturated heterocycles. The highest BCUT2D eigenvalue weighted by Crippen LogP contribution is 2.26. The Kier molecular flexibility index (Phi) is 6.30. The summed E-state index contributed by atoms with van der Waals surface area (Å²) in [5.41, 5.74) is 0. The van der Waals surface area contributed by atoms with Gasteiger partial charge in [-0.05, 0) is 30.4 Å². The Morgan fingerprint density at radius 1 is 1.20 bits per heavy atom. The third kappa shape index (κ3) is 5.12. The van der Waals surface area contributed by atoms with Crippen molar-refractivity contribution >= 4 is 17.5 Å². The Bertz CT molecular complexity index is 410. The molecule has 0 unspecified atom stereocenters. The molecular weight excluding hydrogens is 276 g/mol. The Labute approximate surface area is 125 Å². The smallest absolute Gasteiger partial charge is 0.322 e. The predicted octanol–water partition coefficient (Wildman–Crippen LogP) is 3.70. The molecule has 1 saturated carbocycles. The predicted molar refractivity (Wildman–Crippen MR) is 80.3 cm³/mol. The molecule has 20 heavy (non-hydrogen) atoms. The summed E-state index contributed by atoms with van der Waals surface area (Å²) in [7, 11) is 0. The highest BCUT2D eigenvalue weighted by atomic mass is 35.5. The number of halogens is 1. The van der Waals surface area contributed by atoms with Crippen molar-refractivity contribution in [3.05, 3.63) is 5.28 Å². The monoisotopic (exact) mass is 298 g/mol. The molecule has 2 rings (SSSR count). The Morgan fingerprint density at radius 2 is 2.00 bits per heavy atom. The van der Waals surface area contributed by atoms with Crippen LogP contribution in [0.4, 0.5) is 5.95 Å². The van der Waals surface area contributed by atoms with E-state index in [0.29, 0.717) is 18.6 Å². The molecule has 1 aliphatic carbocycles. The molecule has 1 aliphatic rings. The molecular formula is C14H23ClN4O. The number of ether oxygens (including phenoxy) is 1. The highest BCUT2D eigenvalue weighted by molar-refractivity contribution is 6.28. The zero-order valence-electron chi connectivity index (χ0n) is 12.1. The summed E-state index contributed by atoms with van der Waals surface area (Å²) in [6, 6.07) is 0.298. The van der Waals surface area contributed by atoms with Gasteiger partial charge in [-0.2, -0.15) is 15.0 Å². The molecule has 0 aliphatic heterocycles. The summed E-state index contributed by atoms with van der Waals surface area (Å²) in [5, 5.41) is 3.40. The quantitative estimate of drug-likeness (QED) is 0.832. The van der Waals surface area contributed by atoms with Crippen LogP contribution in [0.1, 0.15) is 51.9 Å². The van der Waals surface area contributed by atoms with Crippen LogP contribution < -0.4 is 10.1 Å². The molecule has 1 N–H and O–H groups in total. The largest absolute Gasteiger partial charge is 0.463 e. The number of anilines is 1. The van der Waals surface area contributed by atoms with Crippen molar-refractivity contribution in [3.63, 3.8) is 0 Å². The van der Waals surface area contributed by atoms with Gasteiger partial charge in [-0.1, -0.05) is 39.0 Å². The van der Waals surface area contributed by atoms with Crippen molar-refractivity contribution in [2.24, 2.45) is 5.92 Å². The molecule has 0 radical (unpaired) electrons. The van der Waals surface area contributed by atoms with Crippen molar-refractivity contribution in [1.82, 2.24) is 15.0 Å². The first-order valence-corrected chi connectivity index (χ1v) is 7.94. The third-order valence-corrected chi connectivity index (χ3v) is 3.75. The van der Waals surface area contributed by atoms with E-state index in [4.69, 9.17) is 16.3 Å². The molecule has 0 amide bonds. The standard InChI is InChI=1S/C14H23ClN4O/c1-2-10-20-14-18-12(15)17-13(19-14)16-9-8-11-6-4-3-5-7-11/h11H,2-10H2,1H3,(H,16,17,18,19). The average molecular weight is 299 g/mol. The van der Waals surface area contributed by atoms with Crippen LogP contribution >= 0.6 is 11.6 Å². The summed E-state index contributed by atoms with van der Waals surface area (Å²) < 4.78 is 5.39. The van der Waals surface area contributed by atoms with Crippen LogP contribution in [0.2, 0.25) is 5.28 Å². The maximum absolute atomic E-state index is 5.87. The van der Waals surface area contributed by atoms with E-state index < -0.39 is 0 Å². The molecule has 112 valence electrons. The van der Waals surface area contributed by atoms with E-state index in [-0.39, 0.29) is 5.28 Å². The minimum atomic E-state index is 0.172. The SMILES string of the molecule is CCCOc1nc(Cl)nc(NCCC2CCCCC2)n1. The normalized spacial score (nSPS) is 16.1. The van der Waals surface area contributed by atoms with Crippen LogP contribution in [0.15, 0.2) is 0 Å². The van der Waals surface area contributed by atoms with Crippen molar-refractivity contribution < 1.29 is 4.74 Å². The van der Waals surface area contributed by atoms with Gasteiger partial charge in [0.2, 0.25) is 11.2 Å². The fourth-order valence-corrected chi connectivity index (χ4v) is 2.69. The van der Waals surface area contributed by atoms with Crippen molar-refractivity contribution in [1.29, 1.82) is 0 Å². The molecule has 1 fully saturated rings. The van der Waals surface area contributed by atoms with Crippen molar-refractivity contribution in [2.45, 2.75) is 51.9 Å². The summed E-state index contributed by atoms with van der Waals surface area (Å²) in [6.45, 7) is 3.49. The number of hydrogen-bond acceptors (Lipinski definition) is 5. The van der Waals surface area contributed by atoms with E-state index in [1.54, 1.807) is 0 Å². The lowest BCUT2D eigenvalue weighted by Crippen LogP contribution is -2.14. The Balaban J connectivity index is 1.80. The maximum atomic E-state index is 5.87. The van der Waals surface area contributed by atoms with E-state index in [2.05, 4.69) is 20.3 Å². The lowest BCUT2D eigenvalue weighted by Gasteiger charge is -2.21. The van der Waals surface area contributed by atoms with Gasteiger partial charge in [0, 0.05) is 6.54 Å². The van der Waals surface area contributed by atoms with Gasteiger partial charge in [0.1, 0.15) is 0 Å². The first-order chi connectivity index (χ1) is 9.78. The number of nitrogens with one attached hydrogen (secondary N) is 1. The molecule has 0 atom stereocenters. The summed E-state index contributed by atoms with van der Waals surface area (Å²) >= 11 is 5.87. The number of hydrogen-bond donors (Lipinski definition) is 1. The summed E-state index contributed by atoms with van der Waals surface area (Å²) in [5.74, 6) is 1.34. The fourth-order valence-electron chi connectivity index (χ4n) is 2.53. The first kappa shape index (κ1) is 15.3. The van der Waals surface area contributed by atoms with E-state index in [0.717, 1.165) is 25.3 Å². The lowest BCUT2D eigenvalue weighted by atomic mass is 9.87. The lowest BCUT2D eigenvalue weighted by molar-refractivity contribution is 0.291. The van der Waals surface area contributed by atoms with E-state index in [9.17, 15) is 0 Å². The maximum Gasteiger partial charge on any atom is 0.322 e. The van der Waals surface area contributed by atoms with Gasteiger partial charge in [0.05, 0.1) is 6.61 Å². The third-order valence-electron chi connectivity index (χ3n) is 3.58. The second kappa shape index (κ2) is 8.25. The van der Waals surface area contributed by atoms with Crippen LogP contribution in [-0.4, -0.2) is 28.1 Å². The Hall–Kier alpha value is -1.10. The van der Waals surface area contributed by atoms with Gasteiger partial charge in [-0.15, -0.1) is 0 Å². The van der Waals surface area contributed by atoms with Crippen LogP contribution in [-0.2, 0) is 0 Å². The van der Waals surface area contributed by atoms with Crippen LogP contribution in [0.5, 0.6) is 6.01 Å². The second-order valence-electron chi connectivity index (χ2n) is 5.28. The van der Waals surface area contributed by atoms with Crippen LogP contribution in [0, 0.1) is 5.92 Å². The van der Waals surface area contributed by atoms with Gasteiger partial charge in [-0.25, -0.2) is 0 Å². The molecule has 5 nitrogen and oxygen atoms in total. The zero-order chi connectivity index (χ0) is 14.2. The van der Waals surface area contributed by atoms with E-state index >= 15 is 0 Å². The molecule has 1 aromatic heterocycles. The minimum Gasteiger partial charge on any atom is -0.463 e. The van der Waals surface area contributed by atoms with Gasteiger partial charge in [0.25, 0.3) is 0 Å². The van der Waals surface area contributed by atoms with Crippen LogP contribution in [0.3, 0.4) is 0 Å². The van der Waals surface area contributed by atoms with E-state index in [1.165, 1.54) is 32.1 Å². The highest BCUT2D eigenvalue weighted by Gasteiger charge is 2.13. The minimum absolute atomic E-state index is 0.172. The molecule has 1 aromatic rings. The fraction of sp³-hybridized carbons (Fsp3) is 0.786. The molecule has 1 heterocycles. The molecule has 0 aromatic carbocycles. The van der Waals surface area contributed by atoms with Gasteiger partial charge >= 0.3 is 6.01 Å². The van der Waals surface area contributed by atoms with Gasteiger partial charge < -0.3 is 10.1 Å². The summed E-state index contributed by atoms with van der Waals surface area (Å²) in [4.78, 5) is 12.2. The number of aromatic nitrogens is 3. The van der Waals surface area contributed by atoms with Crippen molar-refractivity contribution in [3.8, 4) is 6.01 Å². The van der Waals surface area contributed by atoms with Crippen LogP contribution in [0.25, 0.3) is 0 Å².